The van der Waals surface area contributed by atoms with Crippen LogP contribution in [0.2, 0.25) is 0 Å². The molecule has 0 aliphatic rings. The fourth-order valence-corrected chi connectivity index (χ4v) is 1.27. The van der Waals surface area contributed by atoms with Crippen molar-refractivity contribution in [3.63, 3.8) is 0 Å². The highest BCUT2D eigenvalue weighted by Gasteiger charge is 2.14. The van der Waals surface area contributed by atoms with Gasteiger partial charge in [-0.1, -0.05) is 6.07 Å². The van der Waals surface area contributed by atoms with Crippen LogP contribution in [0, 0.1) is 11.6 Å². The van der Waals surface area contributed by atoms with Crippen molar-refractivity contribution in [1.29, 1.82) is 0 Å². The maximum atomic E-state index is 13.1. The zero-order chi connectivity index (χ0) is 10.7. The number of hydrogen-bond donors (Lipinski definition) is 1. The molecule has 0 bridgehead atoms. The van der Waals surface area contributed by atoms with E-state index in [1.54, 1.807) is 6.92 Å². The highest BCUT2D eigenvalue weighted by molar-refractivity contribution is 5.36. The van der Waals surface area contributed by atoms with Crippen molar-refractivity contribution >= 4 is 0 Å². The standard InChI is InChI=1S/C10H12F2O2/c1-6(13)5-7-3-4-8(11)9(12)10(7)14-2/h3-4,6,13H,5H2,1-2H3/t6-/m1/s1. The van der Waals surface area contributed by atoms with E-state index in [9.17, 15) is 8.78 Å². The van der Waals surface area contributed by atoms with Crippen molar-refractivity contribution in [3.8, 4) is 5.75 Å². The zero-order valence-corrected chi connectivity index (χ0v) is 8.05. The van der Waals surface area contributed by atoms with E-state index in [1.807, 2.05) is 0 Å². The Balaban J connectivity index is 3.10. The molecule has 1 aromatic carbocycles. The summed E-state index contributed by atoms with van der Waals surface area (Å²) in [5, 5.41) is 9.11. The number of halogens is 2. The molecular weight excluding hydrogens is 190 g/mol. The Morgan fingerprint density at radius 2 is 2.07 bits per heavy atom. The minimum atomic E-state index is -1.01. The molecule has 78 valence electrons. The maximum Gasteiger partial charge on any atom is 0.200 e. The summed E-state index contributed by atoms with van der Waals surface area (Å²) in [5.41, 5.74) is 0.460. The van der Waals surface area contributed by atoms with Gasteiger partial charge in [0.25, 0.3) is 0 Å². The van der Waals surface area contributed by atoms with Crippen LogP contribution in [0.15, 0.2) is 12.1 Å². The lowest BCUT2D eigenvalue weighted by Crippen LogP contribution is -2.07. The predicted octanol–water partition coefficient (Wildman–Crippen LogP) is 1.90. The largest absolute Gasteiger partial charge is 0.493 e. The number of aliphatic hydroxyl groups is 1. The molecule has 14 heavy (non-hydrogen) atoms. The minimum absolute atomic E-state index is 0.133. The summed E-state index contributed by atoms with van der Waals surface area (Å²) in [6.07, 6.45) is -0.380. The van der Waals surface area contributed by atoms with E-state index in [-0.39, 0.29) is 12.2 Å². The lowest BCUT2D eigenvalue weighted by Gasteiger charge is -2.10. The maximum absolute atomic E-state index is 13.1. The SMILES string of the molecule is COc1c(C[C@@H](C)O)ccc(F)c1F. The number of benzene rings is 1. The smallest absolute Gasteiger partial charge is 0.200 e. The van der Waals surface area contributed by atoms with Crippen LogP contribution in [0.25, 0.3) is 0 Å². The number of aliphatic hydroxyl groups excluding tert-OH is 1. The van der Waals surface area contributed by atoms with Crippen molar-refractivity contribution in [2.24, 2.45) is 0 Å². The molecule has 0 saturated carbocycles. The molecule has 0 amide bonds. The second-order valence-electron chi connectivity index (χ2n) is 3.11. The van der Waals surface area contributed by atoms with Crippen LogP contribution in [-0.4, -0.2) is 18.3 Å². The minimum Gasteiger partial charge on any atom is -0.493 e. The molecule has 0 spiro atoms. The van der Waals surface area contributed by atoms with Crippen LogP contribution in [0.5, 0.6) is 5.75 Å². The first-order valence-corrected chi connectivity index (χ1v) is 4.25. The van der Waals surface area contributed by atoms with Crippen LogP contribution >= 0.6 is 0 Å². The van der Waals surface area contributed by atoms with Gasteiger partial charge in [0.2, 0.25) is 5.82 Å². The predicted molar refractivity (Wildman–Crippen MR) is 48.3 cm³/mol. The van der Waals surface area contributed by atoms with Gasteiger partial charge in [-0.3, -0.25) is 0 Å². The van der Waals surface area contributed by atoms with Crippen LogP contribution < -0.4 is 4.74 Å². The van der Waals surface area contributed by atoms with Gasteiger partial charge in [0.05, 0.1) is 13.2 Å². The van der Waals surface area contributed by atoms with E-state index in [0.29, 0.717) is 5.56 Å². The number of ether oxygens (including phenoxy) is 1. The molecule has 2 nitrogen and oxygen atoms in total. The average molecular weight is 202 g/mol. The molecule has 0 aliphatic carbocycles. The summed E-state index contributed by atoms with van der Waals surface area (Å²) in [5.74, 6) is -2.09. The van der Waals surface area contributed by atoms with Crippen molar-refractivity contribution in [1.82, 2.24) is 0 Å². The summed E-state index contributed by atoms with van der Waals surface area (Å²) in [7, 11) is 1.27. The van der Waals surface area contributed by atoms with Gasteiger partial charge >= 0.3 is 0 Å². The van der Waals surface area contributed by atoms with Crippen molar-refractivity contribution in [3.05, 3.63) is 29.3 Å². The Labute approximate surface area is 81.1 Å². The van der Waals surface area contributed by atoms with Crippen LogP contribution in [-0.2, 0) is 6.42 Å². The Kier molecular flexibility index (Phi) is 3.41. The first kappa shape index (κ1) is 10.9. The zero-order valence-electron chi connectivity index (χ0n) is 8.05. The van der Waals surface area contributed by atoms with Gasteiger partial charge in [-0.25, -0.2) is 4.39 Å². The molecule has 1 rings (SSSR count). The lowest BCUT2D eigenvalue weighted by molar-refractivity contribution is 0.193. The van der Waals surface area contributed by atoms with Gasteiger partial charge in [0.15, 0.2) is 11.6 Å². The Morgan fingerprint density at radius 3 is 2.57 bits per heavy atom. The van der Waals surface area contributed by atoms with E-state index >= 15 is 0 Å². The molecule has 0 aliphatic heterocycles. The lowest BCUT2D eigenvalue weighted by atomic mass is 10.1. The molecule has 0 saturated heterocycles. The fourth-order valence-electron chi connectivity index (χ4n) is 1.27. The van der Waals surface area contributed by atoms with Gasteiger partial charge in [-0.05, 0) is 18.6 Å². The fraction of sp³-hybridized carbons (Fsp3) is 0.400. The van der Waals surface area contributed by atoms with Crippen molar-refractivity contribution in [2.45, 2.75) is 19.4 Å². The summed E-state index contributed by atoms with van der Waals surface area (Å²) in [6.45, 7) is 1.57. The topological polar surface area (TPSA) is 29.5 Å². The van der Waals surface area contributed by atoms with Gasteiger partial charge in [-0.15, -0.1) is 0 Å². The van der Waals surface area contributed by atoms with Gasteiger partial charge in [0.1, 0.15) is 0 Å². The van der Waals surface area contributed by atoms with Gasteiger partial charge in [-0.2, -0.15) is 4.39 Å². The third-order valence-corrected chi connectivity index (χ3v) is 1.85. The number of methoxy groups -OCH3 is 1. The number of rotatable bonds is 3. The van der Waals surface area contributed by atoms with Crippen LogP contribution in [0.3, 0.4) is 0 Å². The second kappa shape index (κ2) is 4.37. The Hall–Kier alpha value is -1.16. The van der Waals surface area contributed by atoms with E-state index in [1.165, 1.54) is 13.2 Å². The Morgan fingerprint density at radius 1 is 1.43 bits per heavy atom. The van der Waals surface area contributed by atoms with E-state index < -0.39 is 17.7 Å². The quantitative estimate of drug-likeness (QED) is 0.811. The van der Waals surface area contributed by atoms with Crippen molar-refractivity contribution in [2.75, 3.05) is 7.11 Å². The molecule has 0 heterocycles. The summed E-state index contributed by atoms with van der Waals surface area (Å²) >= 11 is 0. The molecular formula is C10H12F2O2. The van der Waals surface area contributed by atoms with Gasteiger partial charge < -0.3 is 9.84 Å². The average Bonchev–Trinajstić information content (AvgIpc) is 2.11. The van der Waals surface area contributed by atoms with Gasteiger partial charge in [0, 0.05) is 6.42 Å². The highest BCUT2D eigenvalue weighted by Crippen LogP contribution is 2.25. The molecule has 1 atom stereocenters. The van der Waals surface area contributed by atoms with Crippen molar-refractivity contribution < 1.29 is 18.6 Å². The van der Waals surface area contributed by atoms with E-state index in [2.05, 4.69) is 0 Å². The summed E-state index contributed by atoms with van der Waals surface area (Å²) in [4.78, 5) is 0. The third kappa shape index (κ3) is 2.20. The van der Waals surface area contributed by atoms with Crippen LogP contribution in [0.1, 0.15) is 12.5 Å². The number of hydrogen-bond acceptors (Lipinski definition) is 2. The van der Waals surface area contributed by atoms with Crippen LogP contribution in [0.4, 0.5) is 8.78 Å². The normalized spacial score (nSPS) is 12.6. The first-order valence-electron chi connectivity index (χ1n) is 4.25. The molecule has 0 unspecified atom stereocenters. The van der Waals surface area contributed by atoms with E-state index in [0.717, 1.165) is 6.07 Å². The summed E-state index contributed by atoms with van der Waals surface area (Å²) < 4.78 is 30.6. The molecule has 0 aromatic heterocycles. The Bertz CT molecular complexity index is 324. The molecule has 1 N–H and O–H groups in total. The van der Waals surface area contributed by atoms with E-state index in [4.69, 9.17) is 9.84 Å². The molecule has 1 aromatic rings. The first-order chi connectivity index (χ1) is 6.56. The highest BCUT2D eigenvalue weighted by atomic mass is 19.2. The molecule has 4 heteroatoms. The molecule has 0 radical (unpaired) electrons. The monoisotopic (exact) mass is 202 g/mol. The summed E-state index contributed by atoms with van der Waals surface area (Å²) in [6, 6.07) is 2.43. The third-order valence-electron chi connectivity index (χ3n) is 1.85. The second-order valence-corrected chi connectivity index (χ2v) is 3.11. The molecule has 0 fully saturated rings.